The van der Waals surface area contributed by atoms with Crippen molar-refractivity contribution in [2.24, 2.45) is 0 Å². The summed E-state index contributed by atoms with van der Waals surface area (Å²) in [5, 5.41) is 8.75. The Labute approximate surface area is 156 Å². The highest BCUT2D eigenvalue weighted by Crippen LogP contribution is 2.40. The molecule has 142 valence electrons. The number of hydrogen-bond acceptors (Lipinski definition) is 3. The number of hydrogen-bond donors (Lipinski definition) is 3. The average Bonchev–Trinajstić information content (AvgIpc) is 3.33. The number of nitrogens with one attached hydrogen (secondary N) is 3. The van der Waals surface area contributed by atoms with E-state index < -0.39 is 6.04 Å². The first-order chi connectivity index (χ1) is 12.6. The summed E-state index contributed by atoms with van der Waals surface area (Å²) in [5.41, 5.74) is 1.44. The largest absolute Gasteiger partial charge is 0.335 e. The van der Waals surface area contributed by atoms with Gasteiger partial charge in [-0.2, -0.15) is 0 Å². The monoisotopic (exact) mass is 357 g/mol. The lowest BCUT2D eigenvalue weighted by Crippen LogP contribution is -2.51. The van der Waals surface area contributed by atoms with Crippen LogP contribution in [-0.4, -0.2) is 30.6 Å². The fraction of sp³-hybridized carbons (Fsp3) is 0.619. The van der Waals surface area contributed by atoms with Gasteiger partial charge < -0.3 is 10.6 Å². The molecule has 0 bridgehead atoms. The van der Waals surface area contributed by atoms with E-state index in [1.54, 1.807) is 0 Å². The van der Waals surface area contributed by atoms with Crippen molar-refractivity contribution < 1.29 is 9.59 Å². The molecule has 3 N–H and O–H groups in total. The highest BCUT2D eigenvalue weighted by atomic mass is 16.2. The van der Waals surface area contributed by atoms with E-state index in [1.165, 1.54) is 18.4 Å². The molecular weight excluding hydrogens is 326 g/mol. The molecule has 1 atom stereocenters. The second-order valence-electron chi connectivity index (χ2n) is 7.90. The minimum absolute atomic E-state index is 0.0991. The van der Waals surface area contributed by atoms with Gasteiger partial charge in [-0.3, -0.25) is 10.1 Å². The van der Waals surface area contributed by atoms with Crippen LogP contribution in [0.5, 0.6) is 0 Å². The van der Waals surface area contributed by atoms with Crippen LogP contribution in [0.2, 0.25) is 0 Å². The molecule has 2 aliphatic rings. The van der Waals surface area contributed by atoms with Gasteiger partial charge in [-0.15, -0.1) is 0 Å². The molecule has 5 heteroatoms. The Morgan fingerprint density at radius 3 is 2.38 bits per heavy atom. The van der Waals surface area contributed by atoms with Crippen molar-refractivity contribution >= 4 is 11.9 Å². The number of carbonyl (C=O) groups is 2. The number of imide groups is 1. The SMILES string of the molecule is C[C@H](NCC1(c2ccccc2)CCCC1)C(=O)NC(=O)NC1CCCC1. The molecule has 0 unspecified atom stereocenters. The third-order valence-corrected chi connectivity index (χ3v) is 6.01. The van der Waals surface area contributed by atoms with Gasteiger partial charge in [-0.1, -0.05) is 56.0 Å². The molecule has 26 heavy (non-hydrogen) atoms. The van der Waals surface area contributed by atoms with Crippen LogP contribution in [-0.2, 0) is 10.2 Å². The molecule has 2 saturated carbocycles. The van der Waals surface area contributed by atoms with Gasteiger partial charge in [-0.05, 0) is 38.2 Å². The third kappa shape index (κ3) is 4.64. The van der Waals surface area contributed by atoms with E-state index in [4.69, 9.17) is 0 Å². The topological polar surface area (TPSA) is 70.2 Å². The molecule has 2 fully saturated rings. The second-order valence-corrected chi connectivity index (χ2v) is 7.90. The quantitative estimate of drug-likeness (QED) is 0.732. The summed E-state index contributed by atoms with van der Waals surface area (Å²) in [6.45, 7) is 2.58. The molecule has 1 aromatic carbocycles. The first-order valence-corrected chi connectivity index (χ1v) is 9.99. The molecular formula is C21H31N3O2. The lowest BCUT2D eigenvalue weighted by molar-refractivity contribution is -0.121. The van der Waals surface area contributed by atoms with E-state index in [9.17, 15) is 9.59 Å². The van der Waals surface area contributed by atoms with E-state index in [1.807, 2.05) is 13.0 Å². The van der Waals surface area contributed by atoms with E-state index in [0.717, 1.165) is 45.1 Å². The molecule has 3 rings (SSSR count). The maximum atomic E-state index is 12.3. The lowest BCUT2D eigenvalue weighted by atomic mass is 9.78. The predicted octanol–water partition coefficient (Wildman–Crippen LogP) is 3.24. The average molecular weight is 357 g/mol. The molecule has 2 aliphatic carbocycles. The Kier molecular flexibility index (Phi) is 6.30. The highest BCUT2D eigenvalue weighted by Gasteiger charge is 2.36. The standard InChI is InChI=1S/C21H31N3O2/c1-16(19(25)24-20(26)23-18-11-5-6-12-18)22-15-21(13-7-8-14-21)17-9-3-2-4-10-17/h2-4,9-10,16,18,22H,5-8,11-15H2,1H3,(H2,23,24,25,26)/t16-/m0/s1. The Balaban J connectivity index is 1.51. The van der Waals surface area contributed by atoms with Crippen LogP contribution in [0.4, 0.5) is 4.79 Å². The van der Waals surface area contributed by atoms with Gasteiger partial charge in [0, 0.05) is 18.0 Å². The van der Waals surface area contributed by atoms with Gasteiger partial charge in [0.1, 0.15) is 0 Å². The number of benzene rings is 1. The fourth-order valence-electron chi connectivity index (χ4n) is 4.36. The molecule has 0 aliphatic heterocycles. The maximum absolute atomic E-state index is 12.3. The third-order valence-electron chi connectivity index (χ3n) is 6.01. The van der Waals surface area contributed by atoms with Gasteiger partial charge in [0.15, 0.2) is 0 Å². The first kappa shape index (κ1) is 18.9. The van der Waals surface area contributed by atoms with Gasteiger partial charge in [0.05, 0.1) is 6.04 Å². The first-order valence-electron chi connectivity index (χ1n) is 9.99. The van der Waals surface area contributed by atoms with Crippen molar-refractivity contribution in [1.29, 1.82) is 0 Å². The van der Waals surface area contributed by atoms with E-state index in [-0.39, 0.29) is 23.4 Å². The van der Waals surface area contributed by atoms with Crippen LogP contribution in [0.15, 0.2) is 30.3 Å². The Morgan fingerprint density at radius 1 is 1.08 bits per heavy atom. The maximum Gasteiger partial charge on any atom is 0.321 e. The van der Waals surface area contributed by atoms with Crippen LogP contribution in [0.3, 0.4) is 0 Å². The van der Waals surface area contributed by atoms with Crippen LogP contribution in [0.1, 0.15) is 63.9 Å². The van der Waals surface area contributed by atoms with Gasteiger partial charge >= 0.3 is 6.03 Å². The molecule has 0 spiro atoms. The number of urea groups is 1. The van der Waals surface area contributed by atoms with E-state index >= 15 is 0 Å². The van der Waals surface area contributed by atoms with Gasteiger partial charge in [0.25, 0.3) is 0 Å². The minimum atomic E-state index is -0.398. The molecule has 5 nitrogen and oxygen atoms in total. The summed E-state index contributed by atoms with van der Waals surface area (Å²) in [4.78, 5) is 24.3. The zero-order valence-corrected chi connectivity index (χ0v) is 15.7. The van der Waals surface area contributed by atoms with E-state index in [0.29, 0.717) is 0 Å². The molecule has 0 heterocycles. The summed E-state index contributed by atoms with van der Waals surface area (Å²) in [7, 11) is 0. The number of rotatable bonds is 6. The minimum Gasteiger partial charge on any atom is -0.335 e. The van der Waals surface area contributed by atoms with Crippen molar-refractivity contribution in [1.82, 2.24) is 16.0 Å². The van der Waals surface area contributed by atoms with Gasteiger partial charge in [-0.25, -0.2) is 4.79 Å². The van der Waals surface area contributed by atoms with E-state index in [2.05, 4.69) is 40.2 Å². The second kappa shape index (κ2) is 8.67. The van der Waals surface area contributed by atoms with Crippen LogP contribution < -0.4 is 16.0 Å². The van der Waals surface area contributed by atoms with Crippen LogP contribution in [0, 0.1) is 0 Å². The van der Waals surface area contributed by atoms with Gasteiger partial charge in [0.2, 0.25) is 5.91 Å². The zero-order chi connectivity index (χ0) is 18.4. The molecule has 0 aromatic heterocycles. The van der Waals surface area contributed by atoms with Crippen molar-refractivity contribution in [3.05, 3.63) is 35.9 Å². The highest BCUT2D eigenvalue weighted by molar-refractivity contribution is 5.96. The normalized spacial score (nSPS) is 20.7. The summed E-state index contributed by atoms with van der Waals surface area (Å²) < 4.78 is 0. The Hall–Kier alpha value is -1.88. The summed E-state index contributed by atoms with van der Waals surface area (Å²) in [6.07, 6.45) is 9.05. The summed E-state index contributed by atoms with van der Waals surface area (Å²) in [6, 6.07) is 10.0. The van der Waals surface area contributed by atoms with Crippen molar-refractivity contribution in [2.75, 3.05) is 6.54 Å². The molecule has 3 amide bonds. The zero-order valence-electron chi connectivity index (χ0n) is 15.7. The lowest BCUT2D eigenvalue weighted by Gasteiger charge is -2.31. The van der Waals surface area contributed by atoms with Crippen LogP contribution >= 0.6 is 0 Å². The summed E-state index contributed by atoms with van der Waals surface area (Å²) >= 11 is 0. The predicted molar refractivity (Wildman–Crippen MR) is 103 cm³/mol. The molecule has 0 saturated heterocycles. The van der Waals surface area contributed by atoms with Crippen molar-refractivity contribution in [3.8, 4) is 0 Å². The van der Waals surface area contributed by atoms with Crippen LogP contribution in [0.25, 0.3) is 0 Å². The molecule has 1 aromatic rings. The van der Waals surface area contributed by atoms with Crippen molar-refractivity contribution in [3.63, 3.8) is 0 Å². The Bertz CT molecular complexity index is 605. The number of carbonyl (C=O) groups excluding carboxylic acids is 2. The summed E-state index contributed by atoms with van der Waals surface area (Å²) in [5.74, 6) is -0.262. The molecule has 0 radical (unpaired) electrons. The fourth-order valence-corrected chi connectivity index (χ4v) is 4.36. The van der Waals surface area contributed by atoms with Crippen molar-refractivity contribution in [2.45, 2.75) is 75.8 Å². The smallest absolute Gasteiger partial charge is 0.321 e. The Morgan fingerprint density at radius 2 is 1.73 bits per heavy atom. The number of amides is 3.